The number of halogens is 2. The number of morpholine rings is 1. The molecule has 2 saturated heterocycles. The van der Waals surface area contributed by atoms with Crippen LogP contribution in [0.2, 0.25) is 0 Å². The number of rotatable bonds is 8. The van der Waals surface area contributed by atoms with Crippen molar-refractivity contribution < 1.29 is 18.7 Å². The SMILES string of the molecule is CC(C)CN(C(=O)c1cnc(C(C)(C)C)nc1NCc1ncco1)[C@@H]1CNC[C@H](C(=O)N2CCOCC2)C1.Cl.Cl. The maximum absolute atomic E-state index is 14.1. The third-order valence-corrected chi connectivity index (χ3v) is 6.84. The number of hydrogen-bond acceptors (Lipinski definition) is 9. The Morgan fingerprint density at radius 2 is 1.90 bits per heavy atom. The minimum Gasteiger partial charge on any atom is -0.447 e. The van der Waals surface area contributed by atoms with Gasteiger partial charge in [0.15, 0.2) is 0 Å². The molecule has 0 radical (unpaired) electrons. The summed E-state index contributed by atoms with van der Waals surface area (Å²) in [6.45, 7) is 14.8. The highest BCUT2D eigenvalue weighted by Crippen LogP contribution is 2.26. The van der Waals surface area contributed by atoms with Gasteiger partial charge < -0.3 is 29.6 Å². The van der Waals surface area contributed by atoms with Crippen molar-refractivity contribution in [3.63, 3.8) is 0 Å². The number of piperidine rings is 1. The van der Waals surface area contributed by atoms with Gasteiger partial charge in [-0.3, -0.25) is 9.59 Å². The highest BCUT2D eigenvalue weighted by molar-refractivity contribution is 5.98. The summed E-state index contributed by atoms with van der Waals surface area (Å²) >= 11 is 0. The monoisotopic (exact) mass is 599 g/mol. The molecule has 2 fully saturated rings. The fourth-order valence-corrected chi connectivity index (χ4v) is 4.87. The summed E-state index contributed by atoms with van der Waals surface area (Å²) in [5, 5.41) is 6.66. The zero-order chi connectivity index (χ0) is 27.3. The number of ether oxygens (including phenoxy) is 1. The second kappa shape index (κ2) is 15.0. The van der Waals surface area contributed by atoms with Crippen molar-refractivity contribution in [3.05, 3.63) is 35.9 Å². The molecule has 224 valence electrons. The molecule has 0 aliphatic carbocycles. The van der Waals surface area contributed by atoms with Crippen molar-refractivity contribution in [2.45, 2.75) is 59.0 Å². The Morgan fingerprint density at radius 3 is 2.52 bits per heavy atom. The van der Waals surface area contributed by atoms with E-state index in [0.29, 0.717) is 82.0 Å². The summed E-state index contributed by atoms with van der Waals surface area (Å²) < 4.78 is 10.8. The lowest BCUT2D eigenvalue weighted by molar-refractivity contribution is -0.140. The maximum Gasteiger partial charge on any atom is 0.259 e. The Bertz CT molecular complexity index is 1090. The summed E-state index contributed by atoms with van der Waals surface area (Å²) in [4.78, 5) is 44.6. The smallest absolute Gasteiger partial charge is 0.259 e. The number of carbonyl (C=O) groups excluding carboxylic acids is 2. The van der Waals surface area contributed by atoms with Crippen LogP contribution in [0.3, 0.4) is 0 Å². The van der Waals surface area contributed by atoms with Gasteiger partial charge in [-0.25, -0.2) is 15.0 Å². The van der Waals surface area contributed by atoms with Crippen LogP contribution in [0.1, 0.15) is 63.1 Å². The van der Waals surface area contributed by atoms with Crippen LogP contribution in [-0.2, 0) is 21.5 Å². The number of anilines is 1. The molecule has 2 aliphatic rings. The first-order chi connectivity index (χ1) is 18.1. The van der Waals surface area contributed by atoms with Crippen LogP contribution in [0.5, 0.6) is 0 Å². The third kappa shape index (κ3) is 8.52. The molecule has 0 aromatic carbocycles. The van der Waals surface area contributed by atoms with Crippen LogP contribution in [0, 0.1) is 11.8 Å². The van der Waals surface area contributed by atoms with Crippen molar-refractivity contribution in [3.8, 4) is 0 Å². The van der Waals surface area contributed by atoms with E-state index in [9.17, 15) is 9.59 Å². The van der Waals surface area contributed by atoms with Gasteiger partial charge in [0.1, 0.15) is 23.5 Å². The lowest BCUT2D eigenvalue weighted by Gasteiger charge is -2.40. The molecular formula is C27H43Cl2N7O4. The molecule has 2 aliphatic heterocycles. The maximum atomic E-state index is 14.1. The Labute approximate surface area is 249 Å². The second-order valence-corrected chi connectivity index (χ2v) is 11.5. The van der Waals surface area contributed by atoms with E-state index in [-0.39, 0.29) is 59.9 Å². The predicted octanol–water partition coefficient (Wildman–Crippen LogP) is 3.15. The normalized spacial score (nSPS) is 19.4. The molecule has 0 bridgehead atoms. The summed E-state index contributed by atoms with van der Waals surface area (Å²) in [6, 6.07) is -0.129. The van der Waals surface area contributed by atoms with Crippen molar-refractivity contribution >= 4 is 42.4 Å². The van der Waals surface area contributed by atoms with Gasteiger partial charge >= 0.3 is 0 Å². The van der Waals surface area contributed by atoms with Crippen LogP contribution < -0.4 is 10.6 Å². The number of carbonyl (C=O) groups is 2. The van der Waals surface area contributed by atoms with E-state index in [4.69, 9.17) is 14.1 Å². The lowest BCUT2D eigenvalue weighted by atomic mass is 9.92. The van der Waals surface area contributed by atoms with Crippen molar-refractivity contribution in [2.24, 2.45) is 11.8 Å². The van der Waals surface area contributed by atoms with E-state index in [1.54, 1.807) is 12.4 Å². The van der Waals surface area contributed by atoms with Crippen molar-refractivity contribution in [1.29, 1.82) is 0 Å². The van der Waals surface area contributed by atoms with Crippen LogP contribution in [0.4, 0.5) is 5.82 Å². The molecule has 40 heavy (non-hydrogen) atoms. The van der Waals surface area contributed by atoms with Gasteiger partial charge in [0.2, 0.25) is 11.8 Å². The molecule has 2 aromatic rings. The zero-order valence-electron chi connectivity index (χ0n) is 24.0. The molecular weight excluding hydrogens is 557 g/mol. The fourth-order valence-electron chi connectivity index (χ4n) is 4.87. The average Bonchev–Trinajstić information content (AvgIpc) is 3.43. The number of nitrogens with zero attached hydrogens (tertiary/aromatic N) is 5. The van der Waals surface area contributed by atoms with E-state index in [1.165, 1.54) is 6.26 Å². The van der Waals surface area contributed by atoms with Crippen LogP contribution in [-0.4, -0.2) is 88.5 Å². The van der Waals surface area contributed by atoms with Gasteiger partial charge in [0, 0.05) is 50.4 Å². The molecule has 4 heterocycles. The lowest BCUT2D eigenvalue weighted by Crippen LogP contribution is -2.56. The minimum absolute atomic E-state index is 0. The molecule has 2 aromatic heterocycles. The predicted molar refractivity (Wildman–Crippen MR) is 157 cm³/mol. The topological polar surface area (TPSA) is 126 Å². The van der Waals surface area contributed by atoms with E-state index in [0.717, 1.165) is 0 Å². The van der Waals surface area contributed by atoms with Gasteiger partial charge in [0.25, 0.3) is 5.91 Å². The number of aromatic nitrogens is 3. The average molecular weight is 601 g/mol. The highest BCUT2D eigenvalue weighted by Gasteiger charge is 2.36. The molecule has 2 N–H and O–H groups in total. The molecule has 11 nitrogen and oxygen atoms in total. The summed E-state index contributed by atoms with van der Waals surface area (Å²) in [5.41, 5.74) is 0.102. The first-order valence-corrected chi connectivity index (χ1v) is 13.5. The Balaban J connectivity index is 0.00000280. The van der Waals surface area contributed by atoms with E-state index < -0.39 is 0 Å². The molecule has 13 heteroatoms. The Morgan fingerprint density at radius 1 is 1.18 bits per heavy atom. The van der Waals surface area contributed by atoms with E-state index in [2.05, 4.69) is 34.4 Å². The van der Waals surface area contributed by atoms with Crippen LogP contribution in [0.25, 0.3) is 0 Å². The van der Waals surface area contributed by atoms with Gasteiger partial charge in [-0.1, -0.05) is 34.6 Å². The number of oxazole rings is 1. The van der Waals surface area contributed by atoms with Gasteiger partial charge in [-0.2, -0.15) is 0 Å². The number of amides is 2. The molecule has 0 spiro atoms. The minimum atomic E-state index is -0.293. The number of nitrogens with one attached hydrogen (secondary N) is 2. The Kier molecular flexibility index (Phi) is 12.6. The molecule has 4 rings (SSSR count). The zero-order valence-corrected chi connectivity index (χ0v) is 25.6. The Hall–Kier alpha value is -2.47. The van der Waals surface area contributed by atoms with Gasteiger partial charge in [-0.05, 0) is 12.3 Å². The second-order valence-electron chi connectivity index (χ2n) is 11.5. The first-order valence-electron chi connectivity index (χ1n) is 13.5. The number of hydrogen-bond donors (Lipinski definition) is 2. The summed E-state index contributed by atoms with van der Waals surface area (Å²) in [5.74, 6) is 1.62. The molecule has 2 amide bonds. The standard InChI is InChI=1S/C27H41N7O4.2ClH/c1-18(2)17-34(20-12-19(13-28-14-20)24(35)33-7-10-37-11-8-33)25(36)21-15-31-26(27(3,4)5)32-23(21)30-16-22-29-6-9-38-22;;/h6,9,15,18-20,28H,7-8,10-14,16-17H2,1-5H3,(H,30,31,32);2*1H/t19-,20+;;/m1../s1. The van der Waals surface area contributed by atoms with E-state index in [1.807, 2.05) is 30.6 Å². The third-order valence-electron chi connectivity index (χ3n) is 6.84. The van der Waals surface area contributed by atoms with Crippen LogP contribution in [0.15, 0.2) is 23.1 Å². The summed E-state index contributed by atoms with van der Waals surface area (Å²) in [6.07, 6.45) is 5.33. The van der Waals surface area contributed by atoms with Crippen molar-refractivity contribution in [1.82, 2.24) is 30.1 Å². The van der Waals surface area contributed by atoms with Crippen molar-refractivity contribution in [2.75, 3.05) is 51.3 Å². The molecule has 0 unspecified atom stereocenters. The fraction of sp³-hybridized carbons (Fsp3) is 0.667. The van der Waals surface area contributed by atoms with Crippen LogP contribution >= 0.6 is 24.8 Å². The summed E-state index contributed by atoms with van der Waals surface area (Å²) in [7, 11) is 0. The van der Waals surface area contributed by atoms with E-state index >= 15 is 0 Å². The largest absolute Gasteiger partial charge is 0.447 e. The van der Waals surface area contributed by atoms with Gasteiger partial charge in [0.05, 0.1) is 31.9 Å². The molecule has 0 saturated carbocycles. The highest BCUT2D eigenvalue weighted by atomic mass is 35.5. The van der Waals surface area contributed by atoms with Gasteiger partial charge in [-0.15, -0.1) is 24.8 Å². The first kappa shape index (κ1) is 33.7. The quantitative estimate of drug-likeness (QED) is 0.470. The molecule has 2 atom stereocenters.